The lowest BCUT2D eigenvalue weighted by Crippen LogP contribution is -2.62. The monoisotopic (exact) mass is 253 g/mol. The molecule has 2 heterocycles. The molecule has 2 saturated heterocycles. The zero-order chi connectivity index (χ0) is 13.3. The molecule has 0 radical (unpaired) electrons. The van der Waals surface area contributed by atoms with Gasteiger partial charge >= 0.3 is 0 Å². The summed E-state index contributed by atoms with van der Waals surface area (Å²) in [6, 6.07) is 1.41. The number of piperidine rings is 1. The summed E-state index contributed by atoms with van der Waals surface area (Å²) < 4.78 is 0. The number of fused-ring (bicyclic) bond motifs is 1. The van der Waals surface area contributed by atoms with E-state index in [4.69, 9.17) is 5.73 Å². The predicted octanol–water partition coefficient (Wildman–Crippen LogP) is 1.92. The van der Waals surface area contributed by atoms with Gasteiger partial charge in [-0.3, -0.25) is 4.90 Å². The van der Waals surface area contributed by atoms with Crippen LogP contribution in [-0.4, -0.2) is 54.1 Å². The van der Waals surface area contributed by atoms with E-state index in [-0.39, 0.29) is 5.54 Å². The summed E-state index contributed by atoms with van der Waals surface area (Å²) in [5.41, 5.74) is 6.44. The van der Waals surface area contributed by atoms with Crippen molar-refractivity contribution in [2.45, 2.75) is 64.1 Å². The Kier molecular flexibility index (Phi) is 4.35. The van der Waals surface area contributed by atoms with E-state index in [1.807, 2.05) is 0 Å². The first-order valence-corrected chi connectivity index (χ1v) is 7.67. The van der Waals surface area contributed by atoms with Crippen molar-refractivity contribution in [3.05, 3.63) is 0 Å². The number of nitrogens with two attached hydrogens (primary N) is 1. The Hall–Kier alpha value is -0.120. The van der Waals surface area contributed by atoms with E-state index in [9.17, 15) is 0 Å². The molecule has 2 fully saturated rings. The molecule has 0 aromatic heterocycles. The molecule has 0 aromatic carbocycles. The van der Waals surface area contributed by atoms with Gasteiger partial charge in [0, 0.05) is 30.7 Å². The van der Waals surface area contributed by atoms with Crippen molar-refractivity contribution >= 4 is 0 Å². The van der Waals surface area contributed by atoms with Crippen molar-refractivity contribution in [3.63, 3.8) is 0 Å². The second-order valence-corrected chi connectivity index (χ2v) is 6.81. The summed E-state index contributed by atoms with van der Waals surface area (Å²) in [7, 11) is 2.29. The van der Waals surface area contributed by atoms with Crippen LogP contribution in [0.4, 0.5) is 0 Å². The average Bonchev–Trinajstić information content (AvgIpc) is 2.83. The molecular formula is C15H31N3. The van der Waals surface area contributed by atoms with Gasteiger partial charge in [0.05, 0.1) is 0 Å². The van der Waals surface area contributed by atoms with Crippen LogP contribution in [0.15, 0.2) is 0 Å². The van der Waals surface area contributed by atoms with Gasteiger partial charge in [0.1, 0.15) is 0 Å². The van der Waals surface area contributed by atoms with Crippen molar-refractivity contribution in [2.24, 2.45) is 11.7 Å². The number of hydrogen-bond acceptors (Lipinski definition) is 3. The molecule has 0 bridgehead atoms. The van der Waals surface area contributed by atoms with Crippen LogP contribution in [0.5, 0.6) is 0 Å². The standard InChI is InChI=1S/C15H31N3/c1-12(2)13(3)17(4)15(11-16)7-9-18-8-5-6-14(18)10-15/h12-14H,5-11,16H2,1-4H3. The maximum atomic E-state index is 6.20. The largest absolute Gasteiger partial charge is 0.329 e. The Bertz CT molecular complexity index is 279. The molecule has 3 atom stereocenters. The average molecular weight is 253 g/mol. The third-order valence-corrected chi connectivity index (χ3v) is 5.68. The van der Waals surface area contributed by atoms with E-state index in [1.165, 1.54) is 38.8 Å². The lowest BCUT2D eigenvalue weighted by molar-refractivity contribution is -0.00550. The first kappa shape index (κ1) is 14.3. The highest BCUT2D eigenvalue weighted by Gasteiger charge is 2.44. The van der Waals surface area contributed by atoms with Crippen molar-refractivity contribution in [2.75, 3.05) is 26.7 Å². The SMILES string of the molecule is CC(C)C(C)N(C)C1(CN)CCN2CCCC2C1. The highest BCUT2D eigenvalue weighted by molar-refractivity contribution is 5.02. The molecule has 0 aliphatic carbocycles. The fourth-order valence-electron chi connectivity index (χ4n) is 3.84. The summed E-state index contributed by atoms with van der Waals surface area (Å²) in [4.78, 5) is 5.27. The quantitative estimate of drug-likeness (QED) is 0.831. The molecule has 3 heteroatoms. The van der Waals surface area contributed by atoms with E-state index in [1.54, 1.807) is 0 Å². The van der Waals surface area contributed by atoms with Crippen molar-refractivity contribution < 1.29 is 0 Å². The van der Waals surface area contributed by atoms with Crippen LogP contribution in [0.2, 0.25) is 0 Å². The second kappa shape index (κ2) is 5.48. The van der Waals surface area contributed by atoms with Crippen molar-refractivity contribution in [1.82, 2.24) is 9.80 Å². The third kappa shape index (κ3) is 2.45. The normalized spacial score (nSPS) is 35.2. The van der Waals surface area contributed by atoms with Crippen LogP contribution in [0.25, 0.3) is 0 Å². The minimum Gasteiger partial charge on any atom is -0.329 e. The van der Waals surface area contributed by atoms with Gasteiger partial charge in [-0.1, -0.05) is 13.8 Å². The minimum atomic E-state index is 0.245. The lowest BCUT2D eigenvalue weighted by atomic mass is 9.80. The van der Waals surface area contributed by atoms with E-state index in [0.29, 0.717) is 12.0 Å². The van der Waals surface area contributed by atoms with E-state index in [0.717, 1.165) is 12.6 Å². The number of rotatable bonds is 4. The van der Waals surface area contributed by atoms with E-state index < -0.39 is 0 Å². The van der Waals surface area contributed by atoms with Gasteiger partial charge in [-0.25, -0.2) is 0 Å². The Labute approximate surface area is 113 Å². The molecule has 0 spiro atoms. The molecule has 0 aromatic rings. The van der Waals surface area contributed by atoms with Gasteiger partial charge in [-0.05, 0) is 52.1 Å². The smallest absolute Gasteiger partial charge is 0.0358 e. The van der Waals surface area contributed by atoms with Gasteiger partial charge in [0.2, 0.25) is 0 Å². The van der Waals surface area contributed by atoms with Gasteiger partial charge in [0.25, 0.3) is 0 Å². The van der Waals surface area contributed by atoms with Crippen LogP contribution < -0.4 is 5.73 Å². The fraction of sp³-hybridized carbons (Fsp3) is 1.00. The van der Waals surface area contributed by atoms with Crippen molar-refractivity contribution in [3.8, 4) is 0 Å². The summed E-state index contributed by atoms with van der Waals surface area (Å²) in [5.74, 6) is 0.694. The number of likely N-dealkylation sites (N-methyl/N-ethyl adjacent to an activating group) is 1. The zero-order valence-corrected chi connectivity index (χ0v) is 12.7. The minimum absolute atomic E-state index is 0.245. The maximum Gasteiger partial charge on any atom is 0.0358 e. The van der Waals surface area contributed by atoms with Gasteiger partial charge in [-0.15, -0.1) is 0 Å². The van der Waals surface area contributed by atoms with Gasteiger partial charge < -0.3 is 10.6 Å². The highest BCUT2D eigenvalue weighted by atomic mass is 15.3. The molecule has 2 rings (SSSR count). The molecule has 0 saturated carbocycles. The zero-order valence-electron chi connectivity index (χ0n) is 12.7. The fourth-order valence-corrected chi connectivity index (χ4v) is 3.84. The molecular weight excluding hydrogens is 222 g/mol. The summed E-state index contributed by atoms with van der Waals surface area (Å²) in [6.07, 6.45) is 5.28. The third-order valence-electron chi connectivity index (χ3n) is 5.68. The molecule has 18 heavy (non-hydrogen) atoms. The molecule has 0 amide bonds. The maximum absolute atomic E-state index is 6.20. The molecule has 106 valence electrons. The summed E-state index contributed by atoms with van der Waals surface area (Å²) in [6.45, 7) is 10.4. The summed E-state index contributed by atoms with van der Waals surface area (Å²) in [5, 5.41) is 0. The van der Waals surface area contributed by atoms with E-state index in [2.05, 4.69) is 37.6 Å². The van der Waals surface area contributed by atoms with Crippen LogP contribution in [-0.2, 0) is 0 Å². The second-order valence-electron chi connectivity index (χ2n) is 6.81. The Morgan fingerprint density at radius 2 is 2.06 bits per heavy atom. The van der Waals surface area contributed by atoms with Crippen LogP contribution in [0, 0.1) is 5.92 Å². The predicted molar refractivity (Wildman–Crippen MR) is 77.7 cm³/mol. The van der Waals surface area contributed by atoms with Gasteiger partial charge in [-0.2, -0.15) is 0 Å². The number of hydrogen-bond donors (Lipinski definition) is 1. The molecule has 2 N–H and O–H groups in total. The first-order valence-electron chi connectivity index (χ1n) is 7.67. The molecule has 2 aliphatic heterocycles. The van der Waals surface area contributed by atoms with E-state index >= 15 is 0 Å². The Morgan fingerprint density at radius 1 is 1.33 bits per heavy atom. The molecule has 3 unspecified atom stereocenters. The van der Waals surface area contributed by atoms with Gasteiger partial charge in [0.15, 0.2) is 0 Å². The lowest BCUT2D eigenvalue weighted by Gasteiger charge is -2.51. The highest BCUT2D eigenvalue weighted by Crippen LogP contribution is 2.37. The first-order chi connectivity index (χ1) is 8.50. The van der Waals surface area contributed by atoms with Crippen LogP contribution >= 0.6 is 0 Å². The Morgan fingerprint density at radius 3 is 2.67 bits per heavy atom. The number of nitrogens with zero attached hydrogens (tertiary/aromatic N) is 2. The summed E-state index contributed by atoms with van der Waals surface area (Å²) >= 11 is 0. The van der Waals surface area contributed by atoms with Crippen LogP contribution in [0.1, 0.15) is 46.5 Å². The van der Waals surface area contributed by atoms with Crippen LogP contribution in [0.3, 0.4) is 0 Å². The van der Waals surface area contributed by atoms with Crippen molar-refractivity contribution in [1.29, 1.82) is 0 Å². The topological polar surface area (TPSA) is 32.5 Å². The molecule has 3 nitrogen and oxygen atoms in total. The molecule has 2 aliphatic rings. The Balaban J connectivity index is 2.10.